The molecule has 0 amide bonds. The summed E-state index contributed by atoms with van der Waals surface area (Å²) in [7, 11) is 0. The maximum Gasteiger partial charge on any atom is 0.200 e. The van der Waals surface area contributed by atoms with E-state index < -0.39 is 0 Å². The number of benzene rings is 2. The molecule has 0 aliphatic carbocycles. The highest BCUT2D eigenvalue weighted by Crippen LogP contribution is 2.42. The Bertz CT molecular complexity index is 833. The van der Waals surface area contributed by atoms with Gasteiger partial charge in [-0.2, -0.15) is 0 Å². The molecule has 0 spiro atoms. The van der Waals surface area contributed by atoms with Crippen molar-refractivity contribution < 1.29 is 9.42 Å². The van der Waals surface area contributed by atoms with E-state index in [1.165, 1.54) is 16.9 Å². The summed E-state index contributed by atoms with van der Waals surface area (Å²) in [6.07, 6.45) is 2.14. The van der Waals surface area contributed by atoms with Gasteiger partial charge in [0.1, 0.15) is 11.4 Å². The van der Waals surface area contributed by atoms with Gasteiger partial charge < -0.3 is 4.74 Å². The molecule has 3 heteroatoms. The van der Waals surface area contributed by atoms with Gasteiger partial charge in [0.25, 0.3) is 0 Å². The smallest absolute Gasteiger partial charge is 0.200 e. The minimum absolute atomic E-state index is 0.911. The number of aromatic nitrogens is 2. The van der Waals surface area contributed by atoms with Crippen LogP contribution in [0.3, 0.4) is 0 Å². The Hall–Kier alpha value is -2.55. The quantitative estimate of drug-likeness (QED) is 0.385. The lowest BCUT2D eigenvalue weighted by molar-refractivity contribution is -0.750. The predicted molar refractivity (Wildman–Crippen MR) is 70.6 cm³/mol. The van der Waals surface area contributed by atoms with Gasteiger partial charge in [0, 0.05) is 11.6 Å². The molecule has 0 saturated carbocycles. The van der Waals surface area contributed by atoms with Gasteiger partial charge in [-0.25, -0.2) is 0 Å². The molecule has 3 nitrogen and oxygen atoms in total. The van der Waals surface area contributed by atoms with Crippen molar-refractivity contribution in [1.29, 1.82) is 0 Å². The lowest BCUT2D eigenvalue weighted by atomic mass is 10.1. The van der Waals surface area contributed by atoms with E-state index in [1.54, 1.807) is 0 Å². The van der Waals surface area contributed by atoms with E-state index in [-0.39, 0.29) is 0 Å². The summed E-state index contributed by atoms with van der Waals surface area (Å²) >= 11 is 0. The number of ether oxygens (including phenoxy) is 1. The Balaban J connectivity index is 1.98. The molecular weight excluding hydrogens is 236 g/mol. The van der Waals surface area contributed by atoms with E-state index in [9.17, 15) is 0 Å². The van der Waals surface area contributed by atoms with Crippen molar-refractivity contribution in [3.63, 3.8) is 0 Å². The van der Waals surface area contributed by atoms with Crippen LogP contribution in [-0.4, -0.2) is 4.68 Å². The second-order valence-corrected chi connectivity index (χ2v) is 4.97. The Morgan fingerprint density at radius 3 is 2.84 bits per heavy atom. The van der Waals surface area contributed by atoms with Crippen LogP contribution in [0.25, 0.3) is 16.9 Å². The summed E-state index contributed by atoms with van der Waals surface area (Å²) in [5.74, 6) is 1.86. The molecule has 0 radical (unpaired) electrons. The number of hydrogen-bond acceptors (Lipinski definition) is 1. The van der Waals surface area contributed by atoms with Gasteiger partial charge in [0.05, 0.1) is 5.56 Å². The van der Waals surface area contributed by atoms with Crippen LogP contribution in [-0.2, 0) is 6.54 Å². The van der Waals surface area contributed by atoms with Crippen molar-refractivity contribution in [1.82, 2.24) is 4.68 Å². The SMILES string of the molecule is c1ccc2c(c1)Oc1cccc3c1-n1c-2cc[n+]1C3. The second kappa shape index (κ2) is 3.06. The van der Waals surface area contributed by atoms with Crippen LogP contribution in [0.15, 0.2) is 54.7 Å². The van der Waals surface area contributed by atoms with Crippen molar-refractivity contribution in [3.8, 4) is 28.4 Å². The molecule has 0 N–H and O–H groups in total. The largest absolute Gasteiger partial charge is 0.454 e. The normalized spacial score (nSPS) is 13.5. The highest BCUT2D eigenvalue weighted by Gasteiger charge is 2.34. The molecule has 3 heterocycles. The summed E-state index contributed by atoms with van der Waals surface area (Å²) in [6.45, 7) is 0.911. The van der Waals surface area contributed by atoms with E-state index in [2.05, 4.69) is 45.9 Å². The fourth-order valence-corrected chi connectivity index (χ4v) is 3.09. The molecule has 2 aliphatic rings. The van der Waals surface area contributed by atoms with Crippen molar-refractivity contribution in [2.45, 2.75) is 6.54 Å². The first-order valence-corrected chi connectivity index (χ1v) is 6.43. The van der Waals surface area contributed by atoms with Crippen molar-refractivity contribution in [2.24, 2.45) is 0 Å². The first-order valence-electron chi connectivity index (χ1n) is 6.43. The number of nitrogens with zero attached hydrogens (tertiary/aromatic N) is 2. The Morgan fingerprint density at radius 1 is 0.947 bits per heavy atom. The third-order valence-electron chi connectivity index (χ3n) is 3.90. The van der Waals surface area contributed by atoms with Crippen LogP contribution in [0.5, 0.6) is 11.5 Å². The molecule has 90 valence electrons. The number of hydrogen-bond donors (Lipinski definition) is 0. The number of rotatable bonds is 0. The Morgan fingerprint density at radius 2 is 1.84 bits per heavy atom. The molecule has 0 saturated heterocycles. The lowest BCUT2D eigenvalue weighted by Gasteiger charge is -2.06. The standard InChI is InChI=1S/C16H11N2O/c1-2-6-14-12(5-1)13-8-9-17-10-11-4-3-7-15(19-14)16(11)18(13)17/h1-9H,10H2/q+1. The minimum Gasteiger partial charge on any atom is -0.454 e. The maximum atomic E-state index is 6.12. The van der Waals surface area contributed by atoms with Crippen LogP contribution in [0.4, 0.5) is 0 Å². The fourth-order valence-electron chi connectivity index (χ4n) is 3.09. The topological polar surface area (TPSA) is 18.0 Å². The predicted octanol–water partition coefficient (Wildman–Crippen LogP) is 2.90. The van der Waals surface area contributed by atoms with Gasteiger partial charge in [-0.15, -0.1) is 9.36 Å². The average molecular weight is 247 g/mol. The van der Waals surface area contributed by atoms with Crippen LogP contribution in [0, 0.1) is 0 Å². The zero-order valence-corrected chi connectivity index (χ0v) is 10.2. The average Bonchev–Trinajstić information content (AvgIpc) is 2.94. The molecule has 1 aromatic heterocycles. The van der Waals surface area contributed by atoms with E-state index in [1.807, 2.05) is 18.2 Å². The molecule has 19 heavy (non-hydrogen) atoms. The first kappa shape index (κ1) is 9.39. The van der Waals surface area contributed by atoms with Crippen LogP contribution in [0.1, 0.15) is 5.56 Å². The third kappa shape index (κ3) is 1.06. The minimum atomic E-state index is 0.911. The van der Waals surface area contributed by atoms with E-state index in [4.69, 9.17) is 4.74 Å². The van der Waals surface area contributed by atoms with E-state index in [0.717, 1.165) is 23.6 Å². The molecule has 2 aliphatic heterocycles. The first-order chi connectivity index (χ1) is 9.42. The zero-order valence-electron chi connectivity index (χ0n) is 10.2. The monoisotopic (exact) mass is 247 g/mol. The third-order valence-corrected chi connectivity index (χ3v) is 3.90. The maximum absolute atomic E-state index is 6.12. The molecule has 0 unspecified atom stereocenters. The van der Waals surface area contributed by atoms with E-state index in [0.29, 0.717) is 0 Å². The summed E-state index contributed by atoms with van der Waals surface area (Å²) in [4.78, 5) is 0. The highest BCUT2D eigenvalue weighted by atomic mass is 16.5. The molecule has 2 aromatic carbocycles. The number of fused-ring (bicyclic) bond motifs is 2. The van der Waals surface area contributed by atoms with Gasteiger partial charge in [-0.05, 0) is 24.3 Å². The van der Waals surface area contributed by atoms with Crippen molar-refractivity contribution >= 4 is 0 Å². The highest BCUT2D eigenvalue weighted by molar-refractivity contribution is 5.73. The van der Waals surface area contributed by atoms with Gasteiger partial charge in [0.15, 0.2) is 24.2 Å². The summed E-state index contributed by atoms with van der Waals surface area (Å²) in [5, 5.41) is 0. The molecule has 3 aromatic rings. The summed E-state index contributed by atoms with van der Waals surface area (Å²) < 4.78 is 10.6. The van der Waals surface area contributed by atoms with Crippen LogP contribution in [0.2, 0.25) is 0 Å². The molecule has 0 atom stereocenters. The van der Waals surface area contributed by atoms with Gasteiger partial charge in [-0.1, -0.05) is 18.2 Å². The van der Waals surface area contributed by atoms with Crippen molar-refractivity contribution in [2.75, 3.05) is 0 Å². The molecule has 5 rings (SSSR count). The van der Waals surface area contributed by atoms with Crippen molar-refractivity contribution in [3.05, 3.63) is 60.3 Å². The molecule has 0 fully saturated rings. The van der Waals surface area contributed by atoms with Gasteiger partial charge in [0.2, 0.25) is 0 Å². The Labute approximate surface area is 110 Å². The van der Waals surface area contributed by atoms with Crippen LogP contribution < -0.4 is 9.42 Å². The van der Waals surface area contributed by atoms with Gasteiger partial charge >= 0.3 is 0 Å². The summed E-state index contributed by atoms with van der Waals surface area (Å²) in [5.41, 5.74) is 4.83. The molecular formula is C16H11N2O+. The van der Waals surface area contributed by atoms with Gasteiger partial charge in [-0.3, -0.25) is 0 Å². The molecule has 0 bridgehead atoms. The van der Waals surface area contributed by atoms with Crippen LogP contribution >= 0.6 is 0 Å². The second-order valence-electron chi connectivity index (χ2n) is 4.97. The van der Waals surface area contributed by atoms with E-state index >= 15 is 0 Å². The lowest BCUT2D eigenvalue weighted by Crippen LogP contribution is -2.36. The fraction of sp³-hybridized carbons (Fsp3) is 0.0625. The Kier molecular flexibility index (Phi) is 1.51. The zero-order chi connectivity index (χ0) is 12.4. The number of para-hydroxylation sites is 2. The summed E-state index contributed by atoms with van der Waals surface area (Å²) in [6, 6.07) is 16.6.